The molecule has 1 aliphatic heterocycles. The molecule has 3 aromatic rings. The van der Waals surface area contributed by atoms with E-state index >= 15 is 0 Å². The highest BCUT2D eigenvalue weighted by Gasteiger charge is 2.42. The number of ketones is 1. The molecule has 1 atom stereocenters. The van der Waals surface area contributed by atoms with E-state index in [2.05, 4.69) is 16.3 Å². The number of nitriles is 1. The molecule has 0 fully saturated rings. The third-order valence-electron chi connectivity index (χ3n) is 6.03. The van der Waals surface area contributed by atoms with Crippen LogP contribution < -0.4 is 16.0 Å². The average Bonchev–Trinajstić information content (AvgIpc) is 3.61. The Morgan fingerprint density at radius 1 is 1.26 bits per heavy atom. The molecular weight excluding hydrogens is 560 g/mol. The average molecular weight is 577 g/mol. The molecule has 1 unspecified atom stereocenters. The number of benzene rings is 1. The van der Waals surface area contributed by atoms with E-state index in [0.29, 0.717) is 36.3 Å². The van der Waals surface area contributed by atoms with Crippen molar-refractivity contribution in [3.05, 3.63) is 76.2 Å². The molecule has 0 spiro atoms. The van der Waals surface area contributed by atoms with E-state index in [1.165, 1.54) is 11.2 Å². The smallest absolute Gasteiger partial charge is 0.234 e. The van der Waals surface area contributed by atoms with Gasteiger partial charge in [0.15, 0.2) is 33.4 Å². The number of nitrogens with one attached hydrogen (secondary N) is 1. The summed E-state index contributed by atoms with van der Waals surface area (Å²) in [4.78, 5) is 26.8. The zero-order chi connectivity index (χ0) is 27.8. The molecule has 200 valence electrons. The van der Waals surface area contributed by atoms with Crippen molar-refractivity contribution < 1.29 is 31.6 Å². The highest BCUT2D eigenvalue weighted by Crippen LogP contribution is 2.47. The van der Waals surface area contributed by atoms with Gasteiger partial charge in [-0.3, -0.25) is 14.5 Å². The van der Waals surface area contributed by atoms with Gasteiger partial charge in [-0.2, -0.15) is 5.26 Å². The summed E-state index contributed by atoms with van der Waals surface area (Å²) < 4.78 is 60.3. The fourth-order valence-corrected chi connectivity index (χ4v) is 6.06. The number of allylic oxidation sites excluding steroid dienone is 3. The zero-order valence-electron chi connectivity index (χ0n) is 19.6. The third-order valence-corrected chi connectivity index (χ3v) is 8.07. The van der Waals surface area contributed by atoms with Gasteiger partial charge in [-0.05, 0) is 25.0 Å². The number of Topliss-reactive ketones (excluding diaryl/α,β-unsaturated/α-hetero) is 1. The van der Waals surface area contributed by atoms with E-state index in [4.69, 9.17) is 10.2 Å². The summed E-state index contributed by atoms with van der Waals surface area (Å²) in [6.07, 6.45) is 2.77. The Balaban J connectivity index is 1.39. The van der Waals surface area contributed by atoms with Gasteiger partial charge in [0, 0.05) is 23.8 Å². The van der Waals surface area contributed by atoms with Crippen molar-refractivity contribution in [1.29, 1.82) is 5.26 Å². The molecule has 0 bridgehead atoms. The second kappa shape index (κ2) is 10.5. The number of nitrogens with two attached hydrogens (primary N) is 1. The summed E-state index contributed by atoms with van der Waals surface area (Å²) in [5, 5.41) is 20.1. The van der Waals surface area contributed by atoms with Gasteiger partial charge in [0.05, 0.1) is 29.6 Å². The standard InChI is InChI=1S/C24H16F4N6O3S2/c25-11-7-12(26)20(28)21(19(11)27)31-16(36)9-38-24-33-32-23(39-24)34-13-3-1-4-14(35)18(13)17(10(8-29)22(34)30)15-5-2-6-37-15/h2,5-7,17H,1,3-4,9,30H2,(H,31,36). The third kappa shape index (κ3) is 4.77. The number of anilines is 2. The lowest BCUT2D eigenvalue weighted by atomic mass is 9.78. The van der Waals surface area contributed by atoms with Crippen LogP contribution in [-0.4, -0.2) is 27.6 Å². The summed E-state index contributed by atoms with van der Waals surface area (Å²) >= 11 is 1.84. The Kier molecular flexibility index (Phi) is 7.15. The lowest BCUT2D eigenvalue weighted by Gasteiger charge is -2.37. The maximum absolute atomic E-state index is 13.9. The van der Waals surface area contributed by atoms with E-state index in [1.54, 1.807) is 12.1 Å². The van der Waals surface area contributed by atoms with E-state index in [9.17, 15) is 32.4 Å². The molecule has 0 radical (unpaired) electrons. The van der Waals surface area contributed by atoms with Crippen LogP contribution in [0.3, 0.4) is 0 Å². The number of halogens is 4. The summed E-state index contributed by atoms with van der Waals surface area (Å²) in [6.45, 7) is 0. The molecule has 15 heteroatoms. The molecule has 3 heterocycles. The van der Waals surface area contributed by atoms with Crippen LogP contribution >= 0.6 is 23.1 Å². The largest absolute Gasteiger partial charge is 0.468 e. The quantitative estimate of drug-likeness (QED) is 0.242. The van der Waals surface area contributed by atoms with Crippen molar-refractivity contribution in [2.24, 2.45) is 5.73 Å². The Bertz CT molecular complexity index is 1570. The van der Waals surface area contributed by atoms with Gasteiger partial charge in [-0.15, -0.1) is 10.2 Å². The van der Waals surface area contributed by atoms with Gasteiger partial charge in [-0.25, -0.2) is 17.6 Å². The van der Waals surface area contributed by atoms with Crippen molar-refractivity contribution in [3.63, 3.8) is 0 Å². The lowest BCUT2D eigenvalue weighted by molar-refractivity contribution is -0.116. The number of rotatable bonds is 6. The molecule has 2 aromatic heterocycles. The van der Waals surface area contributed by atoms with Crippen molar-refractivity contribution in [2.45, 2.75) is 29.5 Å². The van der Waals surface area contributed by atoms with Gasteiger partial charge in [0.25, 0.3) is 0 Å². The predicted octanol–water partition coefficient (Wildman–Crippen LogP) is 4.72. The van der Waals surface area contributed by atoms with Gasteiger partial charge < -0.3 is 15.5 Å². The maximum Gasteiger partial charge on any atom is 0.234 e. The number of furan rings is 1. The maximum atomic E-state index is 13.9. The molecule has 39 heavy (non-hydrogen) atoms. The van der Waals surface area contributed by atoms with Gasteiger partial charge in [0.2, 0.25) is 11.0 Å². The van der Waals surface area contributed by atoms with Crippen LogP contribution in [0.2, 0.25) is 0 Å². The summed E-state index contributed by atoms with van der Waals surface area (Å²) in [7, 11) is 0. The van der Waals surface area contributed by atoms with Gasteiger partial charge in [0.1, 0.15) is 17.3 Å². The van der Waals surface area contributed by atoms with Crippen molar-refractivity contribution in [3.8, 4) is 6.07 Å². The number of aromatic nitrogens is 2. The highest BCUT2D eigenvalue weighted by molar-refractivity contribution is 8.01. The molecule has 9 nitrogen and oxygen atoms in total. The van der Waals surface area contributed by atoms with Crippen LogP contribution in [0, 0.1) is 34.6 Å². The Morgan fingerprint density at radius 3 is 2.67 bits per heavy atom. The Labute approximate surface area is 226 Å². The van der Waals surface area contributed by atoms with Crippen LogP contribution in [0.5, 0.6) is 0 Å². The highest BCUT2D eigenvalue weighted by atomic mass is 32.2. The zero-order valence-corrected chi connectivity index (χ0v) is 21.3. The first-order valence-corrected chi connectivity index (χ1v) is 13.1. The normalized spacial score (nSPS) is 17.4. The lowest BCUT2D eigenvalue weighted by Crippen LogP contribution is -2.38. The number of thioether (sulfide) groups is 1. The van der Waals surface area contributed by atoms with Gasteiger partial charge in [-0.1, -0.05) is 23.1 Å². The van der Waals surface area contributed by atoms with Crippen LogP contribution in [-0.2, 0) is 9.59 Å². The molecule has 1 aromatic carbocycles. The number of amides is 1. The number of hydrogen-bond acceptors (Lipinski definition) is 10. The molecule has 0 saturated carbocycles. The minimum atomic E-state index is -1.73. The summed E-state index contributed by atoms with van der Waals surface area (Å²) in [6, 6.07) is 5.43. The van der Waals surface area contributed by atoms with Crippen molar-refractivity contribution in [1.82, 2.24) is 10.2 Å². The minimum Gasteiger partial charge on any atom is -0.468 e. The van der Waals surface area contributed by atoms with Crippen LogP contribution in [0.4, 0.5) is 28.4 Å². The van der Waals surface area contributed by atoms with E-state index < -0.39 is 46.5 Å². The van der Waals surface area contributed by atoms with E-state index in [1.807, 2.05) is 5.32 Å². The second-order valence-corrected chi connectivity index (χ2v) is 10.5. The fraction of sp³-hybridized carbons (Fsp3) is 0.208. The number of hydrogen-bond donors (Lipinski definition) is 2. The number of carbonyl (C=O) groups is 2. The predicted molar refractivity (Wildman–Crippen MR) is 132 cm³/mol. The minimum absolute atomic E-state index is 0.0356. The van der Waals surface area contributed by atoms with Crippen molar-refractivity contribution >= 4 is 45.6 Å². The Hall–Kier alpha value is -4.16. The number of nitrogens with zero attached hydrogens (tertiary/aromatic N) is 4. The molecule has 1 aliphatic carbocycles. The first kappa shape index (κ1) is 26.4. The van der Waals surface area contributed by atoms with Crippen LogP contribution in [0.15, 0.2) is 55.9 Å². The topological polar surface area (TPSA) is 138 Å². The molecule has 2 aliphatic rings. The SMILES string of the molecule is N#CC1=C(N)N(c2nnc(SCC(=O)Nc3c(F)c(F)cc(F)c3F)s2)C2=C(C(=O)CCC2)C1c1ccco1. The van der Waals surface area contributed by atoms with Crippen LogP contribution in [0.25, 0.3) is 0 Å². The fourth-order valence-electron chi connectivity index (χ4n) is 4.38. The Morgan fingerprint density at radius 2 is 2.00 bits per heavy atom. The van der Waals surface area contributed by atoms with Crippen molar-refractivity contribution in [2.75, 3.05) is 16.0 Å². The summed E-state index contributed by atoms with van der Waals surface area (Å²) in [5.74, 6) is -8.59. The molecule has 3 N–H and O–H groups in total. The molecular formula is C24H16F4N6O3S2. The first-order valence-electron chi connectivity index (χ1n) is 11.3. The molecule has 1 amide bonds. The van der Waals surface area contributed by atoms with E-state index in [-0.39, 0.29) is 32.7 Å². The first-order chi connectivity index (χ1) is 18.7. The van der Waals surface area contributed by atoms with Crippen LogP contribution in [0.1, 0.15) is 30.9 Å². The number of carbonyl (C=O) groups excluding carboxylic acids is 2. The monoisotopic (exact) mass is 576 g/mol. The van der Waals surface area contributed by atoms with E-state index in [0.717, 1.165) is 23.1 Å². The second-order valence-electron chi connectivity index (χ2n) is 8.36. The molecule has 0 saturated heterocycles. The molecule has 5 rings (SSSR count). The van der Waals surface area contributed by atoms with Gasteiger partial charge >= 0.3 is 0 Å². The summed E-state index contributed by atoms with van der Waals surface area (Å²) in [5.41, 5.74) is 6.23.